The van der Waals surface area contributed by atoms with Gasteiger partial charge in [0.25, 0.3) is 0 Å². The highest BCUT2D eigenvalue weighted by molar-refractivity contribution is 6.34. The zero-order chi connectivity index (χ0) is 15.6. The molecule has 2 rings (SSSR count). The van der Waals surface area contributed by atoms with Crippen LogP contribution >= 0.6 is 11.6 Å². The van der Waals surface area contributed by atoms with Gasteiger partial charge < -0.3 is 16.0 Å². The molecule has 1 heterocycles. The topological polar surface area (TPSA) is 75.4 Å². The summed E-state index contributed by atoms with van der Waals surface area (Å²) >= 11 is 6.22. The standard InChI is InChI=1S/C15H20ClN3O2/c1-15(2,17)9-13(20)18-10-5-6-12(11(16)8-10)19-7-3-4-14(19)21/h5-6,8H,3-4,7,9,17H2,1-2H3,(H,18,20). The molecule has 5 nitrogen and oxygen atoms in total. The van der Waals surface area contributed by atoms with Crippen molar-refractivity contribution in [3.8, 4) is 0 Å². The van der Waals surface area contributed by atoms with E-state index in [4.69, 9.17) is 17.3 Å². The van der Waals surface area contributed by atoms with Crippen molar-refractivity contribution in [1.82, 2.24) is 0 Å². The quantitative estimate of drug-likeness (QED) is 0.897. The second-order valence-electron chi connectivity index (χ2n) is 6.03. The molecule has 0 spiro atoms. The summed E-state index contributed by atoms with van der Waals surface area (Å²) in [5.74, 6) is -0.0814. The second kappa shape index (κ2) is 6.03. The maximum Gasteiger partial charge on any atom is 0.227 e. The first-order chi connectivity index (χ1) is 9.76. The highest BCUT2D eigenvalue weighted by Crippen LogP contribution is 2.31. The van der Waals surface area contributed by atoms with Crippen molar-refractivity contribution in [2.45, 2.75) is 38.6 Å². The Bertz CT molecular complexity index is 567. The van der Waals surface area contributed by atoms with Gasteiger partial charge >= 0.3 is 0 Å². The van der Waals surface area contributed by atoms with E-state index in [1.165, 1.54) is 0 Å². The predicted molar refractivity (Wildman–Crippen MR) is 84.6 cm³/mol. The van der Waals surface area contributed by atoms with Gasteiger partial charge in [0, 0.05) is 30.6 Å². The molecule has 0 radical (unpaired) electrons. The lowest BCUT2D eigenvalue weighted by atomic mass is 10.0. The Morgan fingerprint density at radius 2 is 2.19 bits per heavy atom. The Labute approximate surface area is 129 Å². The van der Waals surface area contributed by atoms with Gasteiger partial charge in [0.05, 0.1) is 10.7 Å². The number of hydrogen-bond acceptors (Lipinski definition) is 3. The van der Waals surface area contributed by atoms with Crippen molar-refractivity contribution in [1.29, 1.82) is 0 Å². The van der Waals surface area contributed by atoms with E-state index in [1.807, 2.05) is 0 Å². The molecule has 0 aliphatic carbocycles. The van der Waals surface area contributed by atoms with Crippen LogP contribution in [0.4, 0.5) is 11.4 Å². The Morgan fingerprint density at radius 1 is 1.48 bits per heavy atom. The summed E-state index contributed by atoms with van der Waals surface area (Å²) in [6, 6.07) is 5.16. The highest BCUT2D eigenvalue weighted by Gasteiger charge is 2.24. The number of nitrogens with two attached hydrogens (primary N) is 1. The largest absolute Gasteiger partial charge is 0.326 e. The van der Waals surface area contributed by atoms with Gasteiger partial charge in [-0.05, 0) is 38.5 Å². The average Bonchev–Trinajstić information content (AvgIpc) is 2.73. The Kier molecular flexibility index (Phi) is 4.54. The van der Waals surface area contributed by atoms with E-state index >= 15 is 0 Å². The number of amides is 2. The molecule has 1 aliphatic heterocycles. The molecule has 3 N–H and O–H groups in total. The molecule has 1 fully saturated rings. The smallest absolute Gasteiger partial charge is 0.227 e. The van der Waals surface area contributed by atoms with E-state index < -0.39 is 5.54 Å². The minimum Gasteiger partial charge on any atom is -0.326 e. The van der Waals surface area contributed by atoms with Crippen LogP contribution in [-0.4, -0.2) is 23.9 Å². The van der Waals surface area contributed by atoms with Crippen molar-refractivity contribution < 1.29 is 9.59 Å². The third kappa shape index (κ3) is 4.19. The number of carbonyl (C=O) groups excluding carboxylic acids is 2. The van der Waals surface area contributed by atoms with E-state index in [2.05, 4.69) is 5.32 Å². The monoisotopic (exact) mass is 309 g/mol. The first-order valence-corrected chi connectivity index (χ1v) is 7.33. The van der Waals surface area contributed by atoms with Gasteiger partial charge in [-0.1, -0.05) is 11.6 Å². The molecule has 0 unspecified atom stereocenters. The van der Waals surface area contributed by atoms with Gasteiger partial charge in [-0.3, -0.25) is 9.59 Å². The number of anilines is 2. The van der Waals surface area contributed by atoms with Crippen LogP contribution in [0, 0.1) is 0 Å². The molecule has 2 amide bonds. The molecule has 0 saturated carbocycles. The molecule has 0 bridgehead atoms. The molecule has 1 aliphatic rings. The number of hydrogen-bond donors (Lipinski definition) is 2. The molecule has 1 aromatic carbocycles. The molecule has 0 atom stereocenters. The summed E-state index contributed by atoms with van der Waals surface area (Å²) in [6.45, 7) is 4.27. The van der Waals surface area contributed by atoms with E-state index in [1.54, 1.807) is 36.9 Å². The van der Waals surface area contributed by atoms with Crippen molar-refractivity contribution in [3.63, 3.8) is 0 Å². The zero-order valence-corrected chi connectivity index (χ0v) is 13.0. The zero-order valence-electron chi connectivity index (χ0n) is 12.3. The fourth-order valence-corrected chi connectivity index (χ4v) is 2.61. The van der Waals surface area contributed by atoms with Crippen molar-refractivity contribution in [3.05, 3.63) is 23.2 Å². The number of carbonyl (C=O) groups is 2. The molecule has 1 saturated heterocycles. The predicted octanol–water partition coefficient (Wildman–Crippen LogP) is 2.53. The molecule has 0 aromatic heterocycles. The number of nitrogens with one attached hydrogen (secondary N) is 1. The van der Waals surface area contributed by atoms with E-state index in [0.29, 0.717) is 29.4 Å². The second-order valence-corrected chi connectivity index (χ2v) is 6.44. The van der Waals surface area contributed by atoms with Crippen molar-refractivity contribution in [2.75, 3.05) is 16.8 Å². The van der Waals surface area contributed by atoms with Crippen molar-refractivity contribution in [2.24, 2.45) is 5.73 Å². The third-order valence-electron chi connectivity index (χ3n) is 3.21. The summed E-state index contributed by atoms with van der Waals surface area (Å²) < 4.78 is 0. The van der Waals surface area contributed by atoms with Crippen LogP contribution in [0.25, 0.3) is 0 Å². The molecule has 1 aromatic rings. The number of rotatable bonds is 4. The Morgan fingerprint density at radius 3 is 2.71 bits per heavy atom. The maximum absolute atomic E-state index is 11.8. The van der Waals surface area contributed by atoms with E-state index in [-0.39, 0.29) is 18.2 Å². The van der Waals surface area contributed by atoms with Gasteiger partial charge in [0.15, 0.2) is 0 Å². The van der Waals surface area contributed by atoms with Crippen LogP contribution in [0.2, 0.25) is 5.02 Å². The van der Waals surface area contributed by atoms with Crippen LogP contribution in [0.5, 0.6) is 0 Å². The summed E-state index contributed by atoms with van der Waals surface area (Å²) in [5.41, 5.74) is 6.54. The maximum atomic E-state index is 11.8. The molecular weight excluding hydrogens is 290 g/mol. The minimum atomic E-state index is -0.560. The lowest BCUT2D eigenvalue weighted by Gasteiger charge is -2.19. The Balaban J connectivity index is 2.09. The minimum absolute atomic E-state index is 0.0820. The molecular formula is C15H20ClN3O2. The first-order valence-electron chi connectivity index (χ1n) is 6.95. The van der Waals surface area contributed by atoms with Crippen LogP contribution in [-0.2, 0) is 9.59 Å². The first kappa shape index (κ1) is 15.8. The van der Waals surface area contributed by atoms with Crippen molar-refractivity contribution >= 4 is 34.8 Å². The highest BCUT2D eigenvalue weighted by atomic mass is 35.5. The summed E-state index contributed by atoms with van der Waals surface area (Å²) in [6.07, 6.45) is 1.62. The van der Waals surface area contributed by atoms with Crippen LogP contribution < -0.4 is 16.0 Å². The van der Waals surface area contributed by atoms with Gasteiger partial charge in [-0.15, -0.1) is 0 Å². The molecule has 21 heavy (non-hydrogen) atoms. The lowest BCUT2D eigenvalue weighted by Crippen LogP contribution is -2.36. The van der Waals surface area contributed by atoms with E-state index in [0.717, 1.165) is 6.42 Å². The van der Waals surface area contributed by atoms with Gasteiger partial charge in [0.2, 0.25) is 11.8 Å². The van der Waals surface area contributed by atoms with Gasteiger partial charge in [-0.2, -0.15) is 0 Å². The molecule has 114 valence electrons. The number of halogens is 1. The van der Waals surface area contributed by atoms with Gasteiger partial charge in [-0.25, -0.2) is 0 Å². The number of benzene rings is 1. The van der Waals surface area contributed by atoms with Crippen LogP contribution in [0.15, 0.2) is 18.2 Å². The van der Waals surface area contributed by atoms with Crippen LogP contribution in [0.3, 0.4) is 0 Å². The van der Waals surface area contributed by atoms with Crippen LogP contribution in [0.1, 0.15) is 33.1 Å². The fraction of sp³-hybridized carbons (Fsp3) is 0.467. The fourth-order valence-electron chi connectivity index (χ4n) is 2.33. The normalized spacial score (nSPS) is 15.4. The summed E-state index contributed by atoms with van der Waals surface area (Å²) in [7, 11) is 0. The lowest BCUT2D eigenvalue weighted by molar-refractivity contribution is -0.117. The van der Waals surface area contributed by atoms with E-state index in [9.17, 15) is 9.59 Å². The molecule has 6 heteroatoms. The SMILES string of the molecule is CC(C)(N)CC(=O)Nc1ccc(N2CCCC2=O)c(Cl)c1. The average molecular weight is 310 g/mol. The summed E-state index contributed by atoms with van der Waals surface area (Å²) in [4.78, 5) is 25.2. The Hall–Kier alpha value is -1.59. The van der Waals surface area contributed by atoms with Gasteiger partial charge in [0.1, 0.15) is 0 Å². The third-order valence-corrected chi connectivity index (χ3v) is 3.51. The number of nitrogens with zero attached hydrogens (tertiary/aromatic N) is 1. The summed E-state index contributed by atoms with van der Waals surface area (Å²) in [5, 5.41) is 3.22.